The Kier molecular flexibility index (Phi) is 6.59. The molecule has 0 fully saturated rings. The molecule has 2 unspecified atom stereocenters. The third-order valence-electron chi connectivity index (χ3n) is 4.51. The largest absolute Gasteiger partial charge is 0.479 e. The standard InChI is InChI=1S/C23H22O8/c1-13(22(25)27-3)29-16-10-19(30-14(2)23(26)28-4)21-17(24)12-18(31-20(21)11-16)15-8-6-5-7-9-15/h5-14H,1-4H3. The van der Waals surface area contributed by atoms with Crippen LogP contribution < -0.4 is 14.9 Å². The van der Waals surface area contributed by atoms with Gasteiger partial charge in [0.2, 0.25) is 0 Å². The highest BCUT2D eigenvalue weighted by Crippen LogP contribution is 2.33. The second kappa shape index (κ2) is 9.34. The summed E-state index contributed by atoms with van der Waals surface area (Å²) < 4.78 is 26.6. The highest BCUT2D eigenvalue weighted by atomic mass is 16.6. The first kappa shape index (κ1) is 21.9. The topological polar surface area (TPSA) is 101 Å². The van der Waals surface area contributed by atoms with Crippen LogP contribution in [0.4, 0.5) is 0 Å². The lowest BCUT2D eigenvalue weighted by molar-refractivity contribution is -0.148. The molecular formula is C23H22O8. The molecule has 1 aromatic heterocycles. The molecule has 0 aliphatic carbocycles. The minimum absolute atomic E-state index is 0.0656. The van der Waals surface area contributed by atoms with Crippen molar-refractivity contribution >= 4 is 22.9 Å². The molecule has 31 heavy (non-hydrogen) atoms. The zero-order valence-corrected chi connectivity index (χ0v) is 17.5. The second-order valence-corrected chi connectivity index (χ2v) is 6.70. The summed E-state index contributed by atoms with van der Waals surface area (Å²) in [7, 11) is 2.48. The number of methoxy groups -OCH3 is 2. The van der Waals surface area contributed by atoms with Crippen LogP contribution in [0.1, 0.15) is 13.8 Å². The van der Waals surface area contributed by atoms with Crippen molar-refractivity contribution in [2.75, 3.05) is 14.2 Å². The SMILES string of the molecule is COC(=O)C(C)Oc1cc(OC(C)C(=O)OC)c2c(=O)cc(-c3ccccc3)oc2c1. The zero-order valence-electron chi connectivity index (χ0n) is 17.5. The number of ether oxygens (including phenoxy) is 4. The van der Waals surface area contributed by atoms with Crippen LogP contribution in [0.5, 0.6) is 11.5 Å². The maximum absolute atomic E-state index is 12.9. The average molecular weight is 426 g/mol. The molecule has 0 amide bonds. The van der Waals surface area contributed by atoms with Crippen LogP contribution in [0.2, 0.25) is 0 Å². The van der Waals surface area contributed by atoms with Crippen LogP contribution in [0.3, 0.4) is 0 Å². The van der Waals surface area contributed by atoms with Crippen molar-refractivity contribution in [3.63, 3.8) is 0 Å². The molecule has 0 bridgehead atoms. The maximum Gasteiger partial charge on any atom is 0.346 e. The van der Waals surface area contributed by atoms with Crippen molar-refractivity contribution in [3.05, 3.63) is 58.8 Å². The van der Waals surface area contributed by atoms with Crippen molar-refractivity contribution < 1.29 is 33.0 Å². The van der Waals surface area contributed by atoms with Crippen LogP contribution in [0.25, 0.3) is 22.3 Å². The van der Waals surface area contributed by atoms with Crippen molar-refractivity contribution in [2.24, 2.45) is 0 Å². The summed E-state index contributed by atoms with van der Waals surface area (Å²) in [6.45, 7) is 3.01. The molecule has 0 aliphatic heterocycles. The van der Waals surface area contributed by atoms with Crippen molar-refractivity contribution in [2.45, 2.75) is 26.1 Å². The number of esters is 2. The van der Waals surface area contributed by atoms with E-state index < -0.39 is 24.1 Å². The fourth-order valence-corrected chi connectivity index (χ4v) is 2.96. The summed E-state index contributed by atoms with van der Waals surface area (Å²) in [5.41, 5.74) is 0.522. The molecule has 0 radical (unpaired) electrons. The number of carbonyl (C=O) groups is 2. The fourth-order valence-electron chi connectivity index (χ4n) is 2.96. The maximum atomic E-state index is 12.9. The van der Waals surface area contributed by atoms with Crippen LogP contribution in [0.15, 0.2) is 57.7 Å². The first-order valence-electron chi connectivity index (χ1n) is 9.50. The van der Waals surface area contributed by atoms with Gasteiger partial charge in [0.15, 0.2) is 17.6 Å². The van der Waals surface area contributed by atoms with Crippen LogP contribution in [-0.4, -0.2) is 38.4 Å². The van der Waals surface area contributed by atoms with E-state index in [4.69, 9.17) is 13.9 Å². The Bertz CT molecular complexity index is 1150. The molecule has 0 saturated carbocycles. The average Bonchev–Trinajstić information content (AvgIpc) is 2.77. The van der Waals surface area contributed by atoms with Crippen molar-refractivity contribution in [1.29, 1.82) is 0 Å². The predicted octanol–water partition coefficient (Wildman–Crippen LogP) is 3.34. The van der Waals surface area contributed by atoms with Gasteiger partial charge in [-0.15, -0.1) is 0 Å². The minimum Gasteiger partial charge on any atom is -0.479 e. The second-order valence-electron chi connectivity index (χ2n) is 6.70. The van der Waals surface area contributed by atoms with Gasteiger partial charge in [0, 0.05) is 23.8 Å². The normalized spacial score (nSPS) is 12.6. The number of benzene rings is 2. The molecule has 8 heteroatoms. The first-order valence-corrected chi connectivity index (χ1v) is 9.50. The minimum atomic E-state index is -0.991. The van der Waals surface area contributed by atoms with Gasteiger partial charge < -0.3 is 23.4 Å². The van der Waals surface area contributed by atoms with Gasteiger partial charge in [-0.25, -0.2) is 9.59 Å². The van der Waals surface area contributed by atoms with E-state index in [1.54, 1.807) is 12.1 Å². The zero-order chi connectivity index (χ0) is 22.5. The van der Waals surface area contributed by atoms with E-state index in [1.807, 2.05) is 18.2 Å². The monoisotopic (exact) mass is 426 g/mol. The van der Waals surface area contributed by atoms with Crippen LogP contribution in [-0.2, 0) is 19.1 Å². The summed E-state index contributed by atoms with van der Waals surface area (Å²) in [5, 5.41) is 0.133. The molecule has 162 valence electrons. The molecular weight excluding hydrogens is 404 g/mol. The Morgan fingerprint density at radius 1 is 0.871 bits per heavy atom. The molecule has 0 spiro atoms. The lowest BCUT2D eigenvalue weighted by Crippen LogP contribution is -2.26. The number of carbonyl (C=O) groups excluding carboxylic acids is 2. The fraction of sp³-hybridized carbons (Fsp3) is 0.261. The number of fused-ring (bicyclic) bond motifs is 1. The van der Waals surface area contributed by atoms with Crippen molar-refractivity contribution in [3.8, 4) is 22.8 Å². The Hall–Kier alpha value is -3.81. The Labute approximate surface area is 178 Å². The van der Waals surface area contributed by atoms with Crippen LogP contribution in [0, 0.1) is 0 Å². The molecule has 2 aromatic carbocycles. The molecule has 0 saturated heterocycles. The van der Waals surface area contributed by atoms with E-state index in [9.17, 15) is 14.4 Å². The smallest absolute Gasteiger partial charge is 0.346 e. The van der Waals surface area contributed by atoms with Gasteiger partial charge >= 0.3 is 11.9 Å². The molecule has 2 atom stereocenters. The highest BCUT2D eigenvalue weighted by Gasteiger charge is 2.22. The van der Waals surface area contributed by atoms with E-state index in [2.05, 4.69) is 9.47 Å². The Morgan fingerprint density at radius 3 is 2.10 bits per heavy atom. The van der Waals surface area contributed by atoms with Gasteiger partial charge in [-0.3, -0.25) is 4.79 Å². The van der Waals surface area contributed by atoms with E-state index in [0.717, 1.165) is 0 Å². The third-order valence-corrected chi connectivity index (χ3v) is 4.51. The van der Waals surface area contributed by atoms with Crippen LogP contribution >= 0.6 is 0 Å². The Morgan fingerprint density at radius 2 is 1.48 bits per heavy atom. The lowest BCUT2D eigenvalue weighted by atomic mass is 10.1. The highest BCUT2D eigenvalue weighted by molar-refractivity contribution is 5.87. The molecule has 3 aromatic rings. The van der Waals surface area contributed by atoms with Crippen molar-refractivity contribution in [1.82, 2.24) is 0 Å². The summed E-state index contributed by atoms with van der Waals surface area (Å²) in [4.78, 5) is 36.5. The molecule has 0 N–H and O–H groups in total. The van der Waals surface area contributed by atoms with E-state index in [-0.39, 0.29) is 27.9 Å². The van der Waals surface area contributed by atoms with E-state index >= 15 is 0 Å². The molecule has 1 heterocycles. The summed E-state index contributed by atoms with van der Waals surface area (Å²) in [6, 6.07) is 13.4. The predicted molar refractivity (Wildman–Crippen MR) is 112 cm³/mol. The molecule has 0 aliphatic rings. The number of hydrogen-bond donors (Lipinski definition) is 0. The summed E-state index contributed by atoms with van der Waals surface area (Å²) in [5.74, 6) is -0.581. The summed E-state index contributed by atoms with van der Waals surface area (Å²) in [6.07, 6.45) is -1.91. The van der Waals surface area contributed by atoms with Gasteiger partial charge in [-0.05, 0) is 13.8 Å². The Balaban J connectivity index is 2.15. The van der Waals surface area contributed by atoms with Gasteiger partial charge in [0.1, 0.15) is 28.2 Å². The van der Waals surface area contributed by atoms with Gasteiger partial charge in [-0.2, -0.15) is 0 Å². The molecule has 8 nitrogen and oxygen atoms in total. The number of hydrogen-bond acceptors (Lipinski definition) is 8. The summed E-state index contributed by atoms with van der Waals surface area (Å²) >= 11 is 0. The van der Waals surface area contributed by atoms with Gasteiger partial charge in [0.25, 0.3) is 0 Å². The van der Waals surface area contributed by atoms with E-state index in [0.29, 0.717) is 11.3 Å². The number of rotatable bonds is 7. The van der Waals surface area contributed by atoms with Gasteiger partial charge in [-0.1, -0.05) is 30.3 Å². The quantitative estimate of drug-likeness (QED) is 0.530. The van der Waals surface area contributed by atoms with Gasteiger partial charge in [0.05, 0.1) is 14.2 Å². The third kappa shape index (κ3) is 4.85. The first-order chi connectivity index (χ1) is 14.8. The van der Waals surface area contributed by atoms with E-state index in [1.165, 1.54) is 46.3 Å². The molecule has 3 rings (SSSR count). The lowest BCUT2D eigenvalue weighted by Gasteiger charge is -2.17.